The summed E-state index contributed by atoms with van der Waals surface area (Å²) in [6.45, 7) is 1.02. The van der Waals surface area contributed by atoms with Gasteiger partial charge in [0.15, 0.2) is 0 Å². The van der Waals surface area contributed by atoms with Gasteiger partial charge in [0.2, 0.25) is 0 Å². The molecule has 0 fully saturated rings. The van der Waals surface area contributed by atoms with Crippen LogP contribution in [0.2, 0.25) is 0 Å². The molecule has 0 radical (unpaired) electrons. The highest BCUT2D eigenvalue weighted by molar-refractivity contribution is 5.78. The van der Waals surface area contributed by atoms with Crippen LogP contribution in [0, 0.1) is 5.92 Å². The largest absolute Gasteiger partial charge is 0.550 e. The molecule has 0 aromatic carbocycles. The van der Waals surface area contributed by atoms with Crippen LogP contribution in [0.15, 0.2) is 0 Å². The minimum atomic E-state index is -2.00. The third kappa shape index (κ3) is 2.02. The van der Waals surface area contributed by atoms with Crippen LogP contribution in [0.25, 0.3) is 0 Å². The second-order valence-electron chi connectivity index (χ2n) is 1.87. The molecule has 0 rings (SSSR count). The molecule has 0 saturated carbocycles. The van der Waals surface area contributed by atoms with Crippen LogP contribution in [0.1, 0.15) is 6.92 Å². The van der Waals surface area contributed by atoms with E-state index < -0.39 is 24.0 Å². The predicted molar refractivity (Wildman–Crippen MR) is 25.2 cm³/mol. The zero-order chi connectivity index (χ0) is 8.31. The van der Waals surface area contributed by atoms with Crippen LogP contribution in [-0.4, -0.2) is 23.1 Å². The van der Waals surface area contributed by atoms with Crippen LogP contribution in [0.3, 0.4) is 0 Å². The molecule has 0 heterocycles. The molecule has 5 heteroatoms. The van der Waals surface area contributed by atoms with Crippen molar-refractivity contribution in [2.75, 3.05) is 0 Å². The lowest BCUT2D eigenvalue weighted by atomic mass is 10.1. The molecule has 0 spiro atoms. The van der Waals surface area contributed by atoms with Crippen molar-refractivity contribution in [3.8, 4) is 0 Å². The van der Waals surface area contributed by atoms with Gasteiger partial charge in [-0.25, -0.2) is 0 Å². The quantitative estimate of drug-likeness (QED) is 0.445. The van der Waals surface area contributed by atoms with E-state index in [0.29, 0.717) is 0 Å². The van der Waals surface area contributed by atoms with Gasteiger partial charge in [0, 0.05) is 11.9 Å². The molecule has 0 saturated heterocycles. The van der Waals surface area contributed by atoms with E-state index in [1.807, 2.05) is 0 Å². The van der Waals surface area contributed by atoms with E-state index in [1.165, 1.54) is 0 Å². The van der Waals surface area contributed by atoms with E-state index >= 15 is 0 Å². The maximum Gasteiger partial charge on any atom is 0.101 e. The van der Waals surface area contributed by atoms with E-state index in [1.54, 1.807) is 0 Å². The lowest BCUT2D eigenvalue weighted by Crippen LogP contribution is -2.46. The molecule has 5 nitrogen and oxygen atoms in total. The number of carbonyl (C=O) groups excluding carboxylic acids is 2. The maximum atomic E-state index is 9.88. The average molecular weight is 146 g/mol. The Hall–Kier alpha value is -1.10. The Labute approximate surface area is 56.9 Å². The summed E-state index contributed by atoms with van der Waals surface area (Å²) < 4.78 is 0. The van der Waals surface area contributed by atoms with E-state index in [2.05, 4.69) is 0 Å². The maximum absolute atomic E-state index is 9.88. The zero-order valence-corrected chi connectivity index (χ0v) is 5.23. The number of aliphatic hydroxyl groups excluding tert-OH is 1. The van der Waals surface area contributed by atoms with Crippen molar-refractivity contribution in [1.82, 2.24) is 0 Å². The molecule has 58 valence electrons. The standard InChI is InChI=1S/C5H8O5/c1-2(4(7)8)3(6)5(9)10/h2-3,6H,1H3,(H,7,8)(H,9,10)/p-2. The summed E-state index contributed by atoms with van der Waals surface area (Å²) in [5.74, 6) is -4.86. The molecular weight excluding hydrogens is 140 g/mol. The van der Waals surface area contributed by atoms with Gasteiger partial charge >= 0.3 is 0 Å². The van der Waals surface area contributed by atoms with Gasteiger partial charge < -0.3 is 24.9 Å². The van der Waals surface area contributed by atoms with Crippen molar-refractivity contribution >= 4 is 11.9 Å². The van der Waals surface area contributed by atoms with Gasteiger partial charge in [-0.05, 0) is 0 Å². The second-order valence-corrected chi connectivity index (χ2v) is 1.87. The van der Waals surface area contributed by atoms with Crippen LogP contribution < -0.4 is 10.2 Å². The Morgan fingerprint density at radius 3 is 1.80 bits per heavy atom. The number of aliphatic hydroxyl groups is 1. The summed E-state index contributed by atoms with van der Waals surface area (Å²) >= 11 is 0. The normalized spacial score (nSPS) is 15.8. The van der Waals surface area contributed by atoms with Gasteiger partial charge in [-0.15, -0.1) is 0 Å². The average Bonchev–Trinajstić information content (AvgIpc) is 1.84. The van der Waals surface area contributed by atoms with E-state index in [9.17, 15) is 19.8 Å². The lowest BCUT2D eigenvalue weighted by molar-refractivity contribution is -0.329. The second kappa shape index (κ2) is 3.17. The summed E-state index contributed by atoms with van der Waals surface area (Å²) in [6.07, 6.45) is -2.00. The van der Waals surface area contributed by atoms with Gasteiger partial charge in [0.05, 0.1) is 5.97 Å². The van der Waals surface area contributed by atoms with Crippen molar-refractivity contribution in [2.45, 2.75) is 13.0 Å². The number of carbonyl (C=O) groups is 2. The molecule has 0 bridgehead atoms. The molecule has 2 atom stereocenters. The fraction of sp³-hybridized carbons (Fsp3) is 0.600. The molecule has 1 N–H and O–H groups in total. The van der Waals surface area contributed by atoms with Crippen molar-refractivity contribution in [3.05, 3.63) is 0 Å². The third-order valence-corrected chi connectivity index (χ3v) is 1.09. The first-order valence-corrected chi connectivity index (χ1v) is 2.56. The Balaban J connectivity index is 4.07. The lowest BCUT2D eigenvalue weighted by Gasteiger charge is -2.19. The number of carboxylic acids is 2. The molecule has 0 aromatic heterocycles. The molecule has 0 aliphatic carbocycles. The van der Waals surface area contributed by atoms with Gasteiger partial charge in [-0.3, -0.25) is 0 Å². The van der Waals surface area contributed by atoms with Crippen molar-refractivity contribution < 1.29 is 24.9 Å². The number of aliphatic carboxylic acids is 2. The monoisotopic (exact) mass is 146 g/mol. The summed E-state index contributed by atoms with van der Waals surface area (Å²) in [5.41, 5.74) is 0. The highest BCUT2D eigenvalue weighted by Gasteiger charge is 2.15. The van der Waals surface area contributed by atoms with Crippen molar-refractivity contribution in [1.29, 1.82) is 0 Å². The first-order valence-electron chi connectivity index (χ1n) is 2.56. The fourth-order valence-electron chi connectivity index (χ4n) is 0.333. The number of carboxylic acid groups (broad SMARTS) is 2. The van der Waals surface area contributed by atoms with Crippen molar-refractivity contribution in [2.24, 2.45) is 5.92 Å². The molecular formula is C5H6O5-2. The molecule has 0 aliphatic heterocycles. The van der Waals surface area contributed by atoms with E-state index in [0.717, 1.165) is 6.92 Å². The third-order valence-electron chi connectivity index (χ3n) is 1.09. The molecule has 0 aliphatic rings. The minimum absolute atomic E-state index is 1.02. The number of hydrogen-bond acceptors (Lipinski definition) is 5. The van der Waals surface area contributed by atoms with Crippen LogP contribution in [0.5, 0.6) is 0 Å². The molecule has 0 aromatic rings. The Bertz CT molecular complexity index is 134. The minimum Gasteiger partial charge on any atom is -0.550 e. The Kier molecular flexibility index (Phi) is 2.82. The number of rotatable bonds is 3. The van der Waals surface area contributed by atoms with Crippen LogP contribution >= 0.6 is 0 Å². The van der Waals surface area contributed by atoms with Gasteiger partial charge in [0.25, 0.3) is 0 Å². The van der Waals surface area contributed by atoms with Crippen LogP contribution in [-0.2, 0) is 9.59 Å². The first-order chi connectivity index (χ1) is 4.46. The highest BCUT2D eigenvalue weighted by Crippen LogP contribution is 1.99. The summed E-state index contributed by atoms with van der Waals surface area (Å²) in [5, 5.41) is 28.2. The Morgan fingerprint density at radius 1 is 1.30 bits per heavy atom. The topological polar surface area (TPSA) is 100 Å². The molecule has 10 heavy (non-hydrogen) atoms. The summed E-state index contributed by atoms with van der Waals surface area (Å²) in [6, 6.07) is 0. The van der Waals surface area contributed by atoms with Gasteiger partial charge in [-0.1, -0.05) is 6.92 Å². The predicted octanol–water partition coefficient (Wildman–Crippen LogP) is -3.52. The smallest absolute Gasteiger partial charge is 0.101 e. The van der Waals surface area contributed by atoms with E-state index in [-0.39, 0.29) is 0 Å². The summed E-state index contributed by atoms with van der Waals surface area (Å²) in [4.78, 5) is 19.7. The van der Waals surface area contributed by atoms with Crippen molar-refractivity contribution in [3.63, 3.8) is 0 Å². The van der Waals surface area contributed by atoms with E-state index in [4.69, 9.17) is 5.11 Å². The van der Waals surface area contributed by atoms with Gasteiger partial charge in [0.1, 0.15) is 6.10 Å². The highest BCUT2D eigenvalue weighted by atomic mass is 16.4. The fourth-order valence-corrected chi connectivity index (χ4v) is 0.333. The molecule has 2 unspecified atom stereocenters. The molecule has 0 amide bonds. The SMILES string of the molecule is CC(C(=O)[O-])C(O)C(=O)[O-]. The zero-order valence-electron chi connectivity index (χ0n) is 5.23. The van der Waals surface area contributed by atoms with Gasteiger partial charge in [-0.2, -0.15) is 0 Å². The number of hydrogen-bond donors (Lipinski definition) is 1. The first kappa shape index (κ1) is 8.90. The summed E-state index contributed by atoms with van der Waals surface area (Å²) in [7, 11) is 0. The van der Waals surface area contributed by atoms with Crippen LogP contribution in [0.4, 0.5) is 0 Å². The Morgan fingerprint density at radius 2 is 1.70 bits per heavy atom.